The van der Waals surface area contributed by atoms with Crippen LogP contribution in [0.1, 0.15) is 38.5 Å². The Bertz CT molecular complexity index is 355. The Balaban J connectivity index is 0.00000161. The summed E-state index contributed by atoms with van der Waals surface area (Å²) in [4.78, 5) is 14.6. The minimum atomic E-state index is -0.261. The van der Waals surface area contributed by atoms with E-state index in [0.717, 1.165) is 52.0 Å². The monoisotopic (exact) mass is 318 g/mol. The van der Waals surface area contributed by atoms with Gasteiger partial charge in [-0.05, 0) is 38.5 Å². The second-order valence-electron chi connectivity index (χ2n) is 6.58. The maximum Gasteiger partial charge on any atom is 0.251 e. The zero-order valence-corrected chi connectivity index (χ0v) is 13.4. The molecule has 3 heterocycles. The van der Waals surface area contributed by atoms with E-state index >= 15 is 0 Å². The first kappa shape index (κ1) is 17.0. The van der Waals surface area contributed by atoms with Crippen LogP contribution in [0.3, 0.4) is 0 Å². The largest absolute Gasteiger partial charge is 0.381 e. The number of amides is 1. The summed E-state index contributed by atoms with van der Waals surface area (Å²) >= 11 is 0. The molecule has 1 spiro atoms. The number of carbonyl (C=O) groups excluding carboxylic acids is 1. The third kappa shape index (κ3) is 3.70. The quantitative estimate of drug-likeness (QED) is 0.834. The minimum absolute atomic E-state index is 0. The van der Waals surface area contributed by atoms with Gasteiger partial charge >= 0.3 is 0 Å². The fourth-order valence-electron chi connectivity index (χ4n) is 3.89. The molecule has 3 atom stereocenters. The van der Waals surface area contributed by atoms with Crippen molar-refractivity contribution in [3.8, 4) is 0 Å². The smallest absolute Gasteiger partial charge is 0.251 e. The topological polar surface area (TPSA) is 64.8 Å². The third-order valence-corrected chi connectivity index (χ3v) is 5.02. The van der Waals surface area contributed by atoms with Crippen molar-refractivity contribution in [3.63, 3.8) is 0 Å². The first-order valence-electron chi connectivity index (χ1n) is 7.94. The van der Waals surface area contributed by atoms with E-state index in [1.165, 1.54) is 12.8 Å². The second-order valence-corrected chi connectivity index (χ2v) is 6.58. The molecule has 122 valence electrons. The van der Waals surface area contributed by atoms with Crippen LogP contribution < -0.4 is 5.73 Å². The van der Waals surface area contributed by atoms with Gasteiger partial charge in [-0.1, -0.05) is 0 Å². The average Bonchev–Trinajstić information content (AvgIpc) is 2.96. The number of likely N-dealkylation sites (tertiary alicyclic amines) is 1. The van der Waals surface area contributed by atoms with Crippen molar-refractivity contribution in [2.45, 2.75) is 50.7 Å². The molecule has 6 heteroatoms. The Morgan fingerprint density at radius 3 is 2.76 bits per heavy atom. The number of nitrogens with zero attached hydrogens (tertiary/aromatic N) is 1. The van der Waals surface area contributed by atoms with Crippen LogP contribution in [0.5, 0.6) is 0 Å². The lowest BCUT2D eigenvalue weighted by Gasteiger charge is -2.45. The fourth-order valence-corrected chi connectivity index (χ4v) is 3.89. The van der Waals surface area contributed by atoms with E-state index in [4.69, 9.17) is 15.2 Å². The summed E-state index contributed by atoms with van der Waals surface area (Å²) in [5.74, 6) is 0.172. The average molecular weight is 319 g/mol. The molecule has 0 aromatic heterocycles. The van der Waals surface area contributed by atoms with Gasteiger partial charge in [0.05, 0.1) is 12.7 Å². The molecule has 2 N–H and O–H groups in total. The number of hydrogen-bond acceptors (Lipinski definition) is 4. The molecule has 0 aromatic carbocycles. The third-order valence-electron chi connectivity index (χ3n) is 5.02. The van der Waals surface area contributed by atoms with Crippen molar-refractivity contribution in [3.05, 3.63) is 0 Å². The molecular formula is C15H27ClN2O3. The van der Waals surface area contributed by atoms with Crippen LogP contribution >= 0.6 is 12.4 Å². The van der Waals surface area contributed by atoms with Crippen molar-refractivity contribution in [2.24, 2.45) is 11.1 Å². The van der Waals surface area contributed by atoms with Gasteiger partial charge in [-0.25, -0.2) is 0 Å². The molecule has 0 aromatic rings. The van der Waals surface area contributed by atoms with Crippen molar-refractivity contribution in [1.29, 1.82) is 0 Å². The molecule has 5 nitrogen and oxygen atoms in total. The zero-order valence-electron chi connectivity index (χ0n) is 12.6. The summed E-state index contributed by atoms with van der Waals surface area (Å²) in [7, 11) is 0. The van der Waals surface area contributed by atoms with Crippen LogP contribution in [0.2, 0.25) is 0 Å². The molecule has 21 heavy (non-hydrogen) atoms. The molecule has 0 saturated carbocycles. The van der Waals surface area contributed by atoms with Crippen molar-refractivity contribution < 1.29 is 14.3 Å². The summed E-state index contributed by atoms with van der Waals surface area (Å²) in [6, 6.07) is 0. The highest BCUT2D eigenvalue weighted by Crippen LogP contribution is 2.38. The summed E-state index contributed by atoms with van der Waals surface area (Å²) in [6.45, 7) is 3.92. The Hall–Kier alpha value is -0.360. The van der Waals surface area contributed by atoms with Gasteiger partial charge < -0.3 is 20.1 Å². The lowest BCUT2D eigenvalue weighted by atomic mass is 9.76. The van der Waals surface area contributed by atoms with E-state index in [2.05, 4.69) is 0 Å². The highest BCUT2D eigenvalue weighted by molar-refractivity contribution is 5.85. The van der Waals surface area contributed by atoms with Gasteiger partial charge in [0, 0.05) is 31.7 Å². The normalized spacial score (nSPS) is 36.5. The van der Waals surface area contributed by atoms with Gasteiger partial charge in [0.15, 0.2) is 0 Å². The molecule has 3 aliphatic rings. The number of rotatable bonds is 2. The summed E-state index contributed by atoms with van der Waals surface area (Å²) < 4.78 is 11.4. The van der Waals surface area contributed by atoms with Crippen LogP contribution in [0.25, 0.3) is 0 Å². The predicted octanol–water partition coefficient (Wildman–Crippen LogP) is 1.33. The lowest BCUT2D eigenvalue weighted by molar-refractivity contribution is -0.149. The van der Waals surface area contributed by atoms with Gasteiger partial charge in [0.25, 0.3) is 5.91 Å². The number of ether oxygens (including phenoxy) is 2. The zero-order chi connectivity index (χ0) is 14.0. The Kier molecular flexibility index (Phi) is 5.88. The van der Waals surface area contributed by atoms with Crippen LogP contribution in [-0.2, 0) is 14.3 Å². The molecule has 0 bridgehead atoms. The number of nitrogens with two attached hydrogens (primary N) is 1. The van der Waals surface area contributed by atoms with Crippen LogP contribution in [0.4, 0.5) is 0 Å². The highest BCUT2D eigenvalue weighted by Gasteiger charge is 2.41. The number of carbonyl (C=O) groups is 1. The molecule has 3 rings (SSSR count). The van der Waals surface area contributed by atoms with Gasteiger partial charge in [-0.2, -0.15) is 0 Å². The number of piperidine rings is 1. The van der Waals surface area contributed by atoms with Gasteiger partial charge in [-0.3, -0.25) is 4.79 Å². The van der Waals surface area contributed by atoms with Crippen molar-refractivity contribution >= 4 is 18.3 Å². The van der Waals surface area contributed by atoms with Crippen LogP contribution in [-0.4, -0.2) is 55.9 Å². The maximum absolute atomic E-state index is 12.6. The van der Waals surface area contributed by atoms with E-state index in [1.54, 1.807) is 0 Å². The number of halogens is 1. The molecule has 0 aliphatic carbocycles. The second kappa shape index (κ2) is 7.27. The lowest BCUT2D eigenvalue weighted by Crippen LogP contribution is -2.52. The van der Waals surface area contributed by atoms with Crippen LogP contribution in [0, 0.1) is 5.41 Å². The number of hydrogen-bond donors (Lipinski definition) is 1. The first-order valence-corrected chi connectivity index (χ1v) is 7.94. The first-order chi connectivity index (χ1) is 9.72. The van der Waals surface area contributed by atoms with E-state index in [0.29, 0.717) is 6.54 Å². The fraction of sp³-hybridized carbons (Fsp3) is 0.933. The summed E-state index contributed by atoms with van der Waals surface area (Å²) in [5.41, 5.74) is 5.83. The summed E-state index contributed by atoms with van der Waals surface area (Å²) in [6.07, 6.45) is 6.13. The molecule has 0 radical (unpaired) electrons. The Labute approximate surface area is 132 Å². The molecule has 3 fully saturated rings. The van der Waals surface area contributed by atoms with Crippen molar-refractivity contribution in [1.82, 2.24) is 4.90 Å². The molecule has 3 saturated heterocycles. The molecular weight excluding hydrogens is 292 g/mol. The maximum atomic E-state index is 12.6. The van der Waals surface area contributed by atoms with Gasteiger partial charge in [0.1, 0.15) is 6.10 Å². The Morgan fingerprint density at radius 1 is 1.29 bits per heavy atom. The predicted molar refractivity (Wildman–Crippen MR) is 82.5 cm³/mol. The van der Waals surface area contributed by atoms with E-state index in [9.17, 15) is 4.79 Å². The highest BCUT2D eigenvalue weighted by atomic mass is 35.5. The van der Waals surface area contributed by atoms with E-state index < -0.39 is 0 Å². The standard InChI is InChI=1S/C15H26N2O3.ClH/c16-9-12-3-4-13(20-12)14(18)17-7-1-5-15(10-17)6-2-8-19-11-15;/h12-13H,1-11,16H2;1H/t12-,13+,15?;/m1./s1. The molecule has 1 unspecified atom stereocenters. The van der Waals surface area contributed by atoms with Gasteiger partial charge in [-0.15, -0.1) is 12.4 Å². The van der Waals surface area contributed by atoms with Crippen molar-refractivity contribution in [2.75, 3.05) is 32.8 Å². The van der Waals surface area contributed by atoms with E-state index in [-0.39, 0.29) is 35.9 Å². The van der Waals surface area contributed by atoms with E-state index in [1.807, 2.05) is 4.90 Å². The summed E-state index contributed by atoms with van der Waals surface area (Å²) in [5, 5.41) is 0. The SMILES string of the molecule is Cl.NC[C@H]1CC[C@@H](C(=O)N2CCCC3(CCCOC3)C2)O1. The Morgan fingerprint density at radius 2 is 2.10 bits per heavy atom. The van der Waals surface area contributed by atoms with Gasteiger partial charge in [0.2, 0.25) is 0 Å². The molecule has 1 amide bonds. The van der Waals surface area contributed by atoms with Crippen LogP contribution in [0.15, 0.2) is 0 Å². The molecule has 3 aliphatic heterocycles. The minimum Gasteiger partial charge on any atom is -0.381 e.